The highest BCUT2D eigenvalue weighted by atomic mass is 16.4. The first-order chi connectivity index (χ1) is 11.8. The maximum absolute atomic E-state index is 11.9. The van der Waals surface area contributed by atoms with E-state index in [9.17, 15) is 29.7 Å². The smallest absolute Gasteiger partial charge is 0.349 e. The van der Waals surface area contributed by atoms with Crippen LogP contribution >= 0.6 is 0 Å². The quantitative estimate of drug-likeness (QED) is 0.236. The number of aliphatic hydroxyl groups excluding tert-OH is 4. The Morgan fingerprint density at radius 1 is 1.00 bits per heavy atom. The van der Waals surface area contributed by atoms with E-state index in [1.54, 1.807) is 0 Å². The molecule has 13 heteroatoms. The molecule has 0 aliphatic carbocycles. The van der Waals surface area contributed by atoms with Crippen molar-refractivity contribution in [3.63, 3.8) is 0 Å². The van der Waals surface area contributed by atoms with Crippen molar-refractivity contribution in [2.75, 3.05) is 6.61 Å². The molecule has 0 radical (unpaired) electrons. The van der Waals surface area contributed by atoms with Crippen molar-refractivity contribution in [2.24, 2.45) is 0 Å². The standard InChI is InChI=1S/C12H14N6O7/c19-2-4(21)6(22)3(20)1-18-8-5(10(23)17-12(25)15-8)13-7-9(18)16-11(24)14-7/h3-4,6,19-22H,1-2H2,(H2,14,16,24)(H,17,23,25)/t3-,4+,6-/m0/s1. The minimum absolute atomic E-state index is 0.0136. The molecule has 0 spiro atoms. The zero-order valence-electron chi connectivity index (χ0n) is 12.5. The van der Waals surface area contributed by atoms with Gasteiger partial charge in [0, 0.05) is 0 Å². The number of rotatable bonds is 5. The molecule has 1 aromatic rings. The Morgan fingerprint density at radius 2 is 1.72 bits per heavy atom. The van der Waals surface area contributed by atoms with E-state index in [0.717, 1.165) is 4.57 Å². The van der Waals surface area contributed by atoms with Crippen LogP contribution in [0.3, 0.4) is 0 Å². The molecule has 0 aromatic carbocycles. The molecule has 0 unspecified atom stereocenters. The fourth-order valence-electron chi connectivity index (χ4n) is 2.42. The van der Waals surface area contributed by atoms with E-state index in [0.29, 0.717) is 0 Å². The average Bonchev–Trinajstić information content (AvgIpc) is 2.94. The highest BCUT2D eigenvalue weighted by Crippen LogP contribution is 2.18. The second kappa shape index (κ2) is 6.21. The van der Waals surface area contributed by atoms with E-state index in [2.05, 4.69) is 19.9 Å². The van der Waals surface area contributed by atoms with Gasteiger partial charge < -0.3 is 25.0 Å². The third kappa shape index (κ3) is 2.96. The molecule has 3 rings (SSSR count). The molecule has 13 nitrogen and oxygen atoms in total. The lowest BCUT2D eigenvalue weighted by atomic mass is 10.1. The summed E-state index contributed by atoms with van der Waals surface area (Å²) in [7, 11) is 0. The first kappa shape index (κ1) is 17.0. The van der Waals surface area contributed by atoms with Gasteiger partial charge in [0.1, 0.15) is 18.3 Å². The molecule has 0 amide bonds. The summed E-state index contributed by atoms with van der Waals surface area (Å²) >= 11 is 0. The van der Waals surface area contributed by atoms with Crippen LogP contribution < -0.4 is 16.9 Å². The molecular formula is C12H14N6O7. The topological polar surface area (TPSA) is 210 Å². The Labute approximate surface area is 136 Å². The first-order valence-corrected chi connectivity index (χ1v) is 7.09. The second-order valence-corrected chi connectivity index (χ2v) is 5.35. The van der Waals surface area contributed by atoms with Crippen LogP contribution in [0.2, 0.25) is 0 Å². The number of aromatic nitrogens is 6. The number of hydrogen-bond acceptors (Lipinski definition) is 9. The van der Waals surface area contributed by atoms with Gasteiger partial charge in [-0.3, -0.25) is 19.7 Å². The summed E-state index contributed by atoms with van der Waals surface area (Å²) in [5.74, 6) is -0.235. The molecule has 2 aliphatic rings. The number of hydrogen-bond donors (Lipinski definition) is 7. The van der Waals surface area contributed by atoms with Crippen molar-refractivity contribution >= 4 is 11.3 Å². The maximum atomic E-state index is 11.9. The zero-order chi connectivity index (χ0) is 18.3. The van der Waals surface area contributed by atoms with Gasteiger partial charge >= 0.3 is 11.4 Å². The van der Waals surface area contributed by atoms with Crippen LogP contribution in [-0.4, -0.2) is 74.8 Å². The van der Waals surface area contributed by atoms with Crippen LogP contribution in [-0.2, 0) is 6.54 Å². The van der Waals surface area contributed by atoms with Crippen molar-refractivity contribution in [3.8, 4) is 11.5 Å². The molecule has 0 bridgehead atoms. The van der Waals surface area contributed by atoms with Crippen molar-refractivity contribution in [1.29, 1.82) is 0 Å². The first-order valence-electron chi connectivity index (χ1n) is 7.09. The summed E-state index contributed by atoms with van der Waals surface area (Å²) in [6.07, 6.45) is -4.96. The lowest BCUT2D eigenvalue weighted by Gasteiger charge is -2.23. The summed E-state index contributed by atoms with van der Waals surface area (Å²) in [5.41, 5.74) is -2.76. The van der Waals surface area contributed by atoms with Crippen LogP contribution in [0.1, 0.15) is 0 Å². The fraction of sp³-hybridized carbons (Fsp3) is 0.417. The summed E-state index contributed by atoms with van der Waals surface area (Å²) in [4.78, 5) is 49.1. The third-order valence-electron chi connectivity index (χ3n) is 3.64. The molecule has 7 N–H and O–H groups in total. The van der Waals surface area contributed by atoms with Crippen molar-refractivity contribution < 1.29 is 20.4 Å². The monoisotopic (exact) mass is 354 g/mol. The van der Waals surface area contributed by atoms with Crippen LogP contribution in [0.15, 0.2) is 14.4 Å². The Balaban J connectivity index is 2.21. The molecule has 3 atom stereocenters. The van der Waals surface area contributed by atoms with Gasteiger partial charge in [-0.1, -0.05) is 0 Å². The minimum atomic E-state index is -1.73. The number of aliphatic hydroxyl groups is 4. The molecule has 0 saturated heterocycles. The van der Waals surface area contributed by atoms with Crippen molar-refractivity contribution in [3.05, 3.63) is 31.3 Å². The van der Waals surface area contributed by atoms with Crippen LogP contribution in [0.25, 0.3) is 22.8 Å². The number of aromatic amines is 3. The fourth-order valence-corrected chi connectivity index (χ4v) is 2.42. The number of nitrogens with zero attached hydrogens (tertiary/aromatic N) is 3. The van der Waals surface area contributed by atoms with Crippen LogP contribution in [0, 0.1) is 0 Å². The molecule has 25 heavy (non-hydrogen) atoms. The Kier molecular flexibility index (Phi) is 4.22. The number of imidazole rings is 1. The van der Waals surface area contributed by atoms with E-state index in [4.69, 9.17) is 5.11 Å². The van der Waals surface area contributed by atoms with E-state index in [1.165, 1.54) is 0 Å². The van der Waals surface area contributed by atoms with Gasteiger partial charge in [0.2, 0.25) is 0 Å². The maximum Gasteiger partial charge on any atom is 0.349 e. The Bertz CT molecular complexity index is 1050. The predicted octanol–water partition coefficient (Wildman–Crippen LogP) is -4.32. The largest absolute Gasteiger partial charge is 0.394 e. The average molecular weight is 354 g/mol. The summed E-state index contributed by atoms with van der Waals surface area (Å²) in [6, 6.07) is 0. The summed E-state index contributed by atoms with van der Waals surface area (Å²) < 4.78 is 1.10. The molecule has 0 fully saturated rings. The number of fused-ring (bicyclic) bond motifs is 2. The van der Waals surface area contributed by atoms with Gasteiger partial charge in [0.15, 0.2) is 22.8 Å². The van der Waals surface area contributed by atoms with Crippen LogP contribution in [0.4, 0.5) is 0 Å². The number of H-pyrrole nitrogens is 3. The molecular weight excluding hydrogens is 340 g/mol. The van der Waals surface area contributed by atoms with E-state index < -0.39 is 48.4 Å². The van der Waals surface area contributed by atoms with Crippen molar-refractivity contribution in [1.82, 2.24) is 29.5 Å². The molecule has 2 aliphatic heterocycles. The SMILES string of the molecule is O=c1nc2n(C[C@H](O)[C@H](O)[C@H](O)CO)c3[nH]c(=O)[nH]c3nc-2c(=O)[nH]1. The lowest BCUT2D eigenvalue weighted by Crippen LogP contribution is -2.42. The van der Waals surface area contributed by atoms with Gasteiger partial charge in [0.05, 0.1) is 13.2 Å². The lowest BCUT2D eigenvalue weighted by molar-refractivity contribution is -0.0803. The minimum Gasteiger partial charge on any atom is -0.394 e. The molecule has 0 saturated carbocycles. The van der Waals surface area contributed by atoms with Gasteiger partial charge in [-0.25, -0.2) is 14.6 Å². The van der Waals surface area contributed by atoms with Crippen molar-refractivity contribution in [2.45, 2.75) is 24.9 Å². The molecule has 1 aromatic heterocycles. The van der Waals surface area contributed by atoms with E-state index in [1.807, 2.05) is 4.98 Å². The molecule has 3 heterocycles. The van der Waals surface area contributed by atoms with Gasteiger partial charge in [-0.05, 0) is 0 Å². The Morgan fingerprint density at radius 3 is 2.40 bits per heavy atom. The second-order valence-electron chi connectivity index (χ2n) is 5.35. The summed E-state index contributed by atoms with van der Waals surface area (Å²) in [6.45, 7) is -1.25. The molecule has 134 valence electrons. The predicted molar refractivity (Wildman–Crippen MR) is 81.1 cm³/mol. The van der Waals surface area contributed by atoms with E-state index >= 15 is 0 Å². The van der Waals surface area contributed by atoms with Gasteiger partial charge in [0.25, 0.3) is 5.56 Å². The van der Waals surface area contributed by atoms with Gasteiger partial charge in [-0.2, -0.15) is 4.98 Å². The normalized spacial score (nSPS) is 15.5. The highest BCUT2D eigenvalue weighted by Gasteiger charge is 2.28. The number of nitrogens with one attached hydrogen (secondary N) is 3. The zero-order valence-corrected chi connectivity index (χ0v) is 12.5. The highest BCUT2D eigenvalue weighted by molar-refractivity contribution is 5.72. The third-order valence-corrected chi connectivity index (χ3v) is 3.64. The Hall–Kier alpha value is -2.87. The van der Waals surface area contributed by atoms with Crippen LogP contribution in [0.5, 0.6) is 0 Å². The van der Waals surface area contributed by atoms with Gasteiger partial charge in [-0.15, -0.1) is 0 Å². The van der Waals surface area contributed by atoms with E-state index in [-0.39, 0.29) is 22.8 Å². The summed E-state index contributed by atoms with van der Waals surface area (Å²) in [5, 5.41) is 38.1.